The zero-order chi connectivity index (χ0) is 6.62. The van der Waals surface area contributed by atoms with Crippen LogP contribution in [0, 0.1) is 0 Å². The van der Waals surface area contributed by atoms with Crippen LogP contribution in [0.1, 0.15) is 13.8 Å². The molecule has 0 aromatic carbocycles. The Labute approximate surface area is 49.5 Å². The van der Waals surface area contributed by atoms with E-state index in [9.17, 15) is 0 Å². The summed E-state index contributed by atoms with van der Waals surface area (Å²) in [4.78, 5) is 0. The second kappa shape index (κ2) is 2.84. The van der Waals surface area contributed by atoms with E-state index in [2.05, 4.69) is 0 Å². The SMILES string of the molecule is CC(C)(O)/C=C/CO. The number of rotatable bonds is 2. The van der Waals surface area contributed by atoms with Crippen molar-refractivity contribution < 1.29 is 10.2 Å². The van der Waals surface area contributed by atoms with Crippen LogP contribution in [0.2, 0.25) is 0 Å². The molecule has 48 valence electrons. The van der Waals surface area contributed by atoms with Crippen molar-refractivity contribution in [2.75, 3.05) is 6.61 Å². The van der Waals surface area contributed by atoms with E-state index in [1.54, 1.807) is 19.9 Å². The Kier molecular flexibility index (Phi) is 2.72. The Bertz CT molecular complexity index is 79.0. The van der Waals surface area contributed by atoms with Gasteiger partial charge >= 0.3 is 0 Å². The molecule has 8 heavy (non-hydrogen) atoms. The first-order valence-electron chi connectivity index (χ1n) is 2.57. The number of hydrogen-bond acceptors (Lipinski definition) is 2. The number of aliphatic hydroxyl groups is 2. The highest BCUT2D eigenvalue weighted by Gasteiger charge is 2.04. The van der Waals surface area contributed by atoms with Crippen molar-refractivity contribution in [3.63, 3.8) is 0 Å². The fourth-order valence-electron chi connectivity index (χ4n) is 0.341. The smallest absolute Gasteiger partial charge is 0.0772 e. The molecule has 0 unspecified atom stereocenters. The monoisotopic (exact) mass is 116 g/mol. The van der Waals surface area contributed by atoms with Gasteiger partial charge in [0.2, 0.25) is 0 Å². The summed E-state index contributed by atoms with van der Waals surface area (Å²) in [6.45, 7) is 3.29. The van der Waals surface area contributed by atoms with Crippen LogP contribution < -0.4 is 0 Å². The van der Waals surface area contributed by atoms with E-state index in [0.29, 0.717) is 0 Å². The predicted octanol–water partition coefficient (Wildman–Crippen LogP) is 0.306. The summed E-state index contributed by atoms with van der Waals surface area (Å²) in [7, 11) is 0. The minimum atomic E-state index is -0.789. The summed E-state index contributed by atoms with van der Waals surface area (Å²) in [5, 5.41) is 17.2. The zero-order valence-corrected chi connectivity index (χ0v) is 5.26. The van der Waals surface area contributed by atoms with E-state index >= 15 is 0 Å². The fraction of sp³-hybridized carbons (Fsp3) is 0.667. The maximum Gasteiger partial charge on any atom is 0.0772 e. The van der Waals surface area contributed by atoms with Crippen LogP contribution in [-0.4, -0.2) is 22.4 Å². The molecule has 0 aliphatic carbocycles. The molecule has 0 radical (unpaired) electrons. The van der Waals surface area contributed by atoms with Gasteiger partial charge in [-0.25, -0.2) is 0 Å². The lowest BCUT2D eigenvalue weighted by atomic mass is 10.1. The largest absolute Gasteiger partial charge is 0.392 e. The van der Waals surface area contributed by atoms with Crippen LogP contribution in [0.15, 0.2) is 12.2 Å². The maximum absolute atomic E-state index is 8.95. The van der Waals surface area contributed by atoms with E-state index in [1.165, 1.54) is 6.08 Å². The minimum absolute atomic E-state index is 0.00993. The minimum Gasteiger partial charge on any atom is -0.392 e. The Hall–Kier alpha value is -0.340. The summed E-state index contributed by atoms with van der Waals surface area (Å²) in [5.41, 5.74) is -0.789. The first-order chi connectivity index (χ1) is 3.56. The lowest BCUT2D eigenvalue weighted by Gasteiger charge is -2.08. The Balaban J connectivity index is 3.52. The summed E-state index contributed by atoms with van der Waals surface area (Å²) in [5.74, 6) is 0. The molecule has 0 saturated heterocycles. The van der Waals surface area contributed by atoms with Crippen molar-refractivity contribution >= 4 is 0 Å². The molecule has 0 spiro atoms. The highest BCUT2D eigenvalue weighted by molar-refractivity contribution is 4.94. The van der Waals surface area contributed by atoms with Crippen LogP contribution in [0.5, 0.6) is 0 Å². The zero-order valence-electron chi connectivity index (χ0n) is 5.26. The van der Waals surface area contributed by atoms with E-state index in [-0.39, 0.29) is 6.61 Å². The fourth-order valence-corrected chi connectivity index (χ4v) is 0.341. The second-order valence-corrected chi connectivity index (χ2v) is 2.24. The average Bonchev–Trinajstić information content (AvgIpc) is 1.59. The molecular formula is C6H12O2. The third-order valence-corrected chi connectivity index (χ3v) is 0.631. The molecule has 2 heteroatoms. The predicted molar refractivity (Wildman–Crippen MR) is 32.5 cm³/mol. The van der Waals surface area contributed by atoms with Crippen LogP contribution in [0.3, 0.4) is 0 Å². The molecule has 0 aromatic heterocycles. The van der Waals surface area contributed by atoms with Gasteiger partial charge in [-0.2, -0.15) is 0 Å². The lowest BCUT2D eigenvalue weighted by molar-refractivity contribution is 0.132. The van der Waals surface area contributed by atoms with Crippen molar-refractivity contribution in [2.24, 2.45) is 0 Å². The Morgan fingerprint density at radius 1 is 1.50 bits per heavy atom. The molecule has 0 heterocycles. The van der Waals surface area contributed by atoms with E-state index in [4.69, 9.17) is 10.2 Å². The highest BCUT2D eigenvalue weighted by Crippen LogP contribution is 2.00. The summed E-state index contributed by atoms with van der Waals surface area (Å²) in [6.07, 6.45) is 3.06. The molecule has 0 bridgehead atoms. The van der Waals surface area contributed by atoms with Crippen molar-refractivity contribution in [2.45, 2.75) is 19.4 Å². The Morgan fingerprint density at radius 2 is 2.00 bits per heavy atom. The molecule has 0 rings (SSSR count). The molecule has 0 saturated carbocycles. The molecule has 2 N–H and O–H groups in total. The quantitative estimate of drug-likeness (QED) is 0.509. The third kappa shape index (κ3) is 5.66. The number of aliphatic hydroxyl groups excluding tert-OH is 1. The topological polar surface area (TPSA) is 40.5 Å². The van der Waals surface area contributed by atoms with Gasteiger partial charge in [-0.1, -0.05) is 12.2 Å². The van der Waals surface area contributed by atoms with Crippen molar-refractivity contribution in [3.05, 3.63) is 12.2 Å². The van der Waals surface area contributed by atoms with Gasteiger partial charge in [0.15, 0.2) is 0 Å². The van der Waals surface area contributed by atoms with E-state index in [1.807, 2.05) is 0 Å². The summed E-state index contributed by atoms with van der Waals surface area (Å²) < 4.78 is 0. The number of hydrogen-bond donors (Lipinski definition) is 2. The van der Waals surface area contributed by atoms with Gasteiger partial charge in [-0.3, -0.25) is 0 Å². The molecule has 0 aromatic rings. The standard InChI is InChI=1S/C6H12O2/c1-6(2,8)4-3-5-7/h3-4,7-8H,5H2,1-2H3/b4-3+. The van der Waals surface area contributed by atoms with Gasteiger partial charge in [-0.15, -0.1) is 0 Å². The maximum atomic E-state index is 8.95. The van der Waals surface area contributed by atoms with E-state index < -0.39 is 5.60 Å². The third-order valence-electron chi connectivity index (χ3n) is 0.631. The molecule has 0 atom stereocenters. The molecule has 0 aliphatic heterocycles. The molecule has 0 amide bonds. The van der Waals surface area contributed by atoms with Gasteiger partial charge in [0.25, 0.3) is 0 Å². The first-order valence-corrected chi connectivity index (χ1v) is 2.57. The Morgan fingerprint density at radius 3 is 2.12 bits per heavy atom. The summed E-state index contributed by atoms with van der Waals surface area (Å²) >= 11 is 0. The van der Waals surface area contributed by atoms with Gasteiger partial charge in [0, 0.05) is 0 Å². The molecular weight excluding hydrogens is 104 g/mol. The average molecular weight is 116 g/mol. The first kappa shape index (κ1) is 7.66. The van der Waals surface area contributed by atoms with Gasteiger partial charge < -0.3 is 10.2 Å². The van der Waals surface area contributed by atoms with Crippen molar-refractivity contribution in [1.82, 2.24) is 0 Å². The molecule has 2 nitrogen and oxygen atoms in total. The van der Waals surface area contributed by atoms with Crippen LogP contribution in [0.4, 0.5) is 0 Å². The van der Waals surface area contributed by atoms with Gasteiger partial charge in [0.1, 0.15) is 0 Å². The van der Waals surface area contributed by atoms with E-state index in [0.717, 1.165) is 0 Å². The highest BCUT2D eigenvalue weighted by atomic mass is 16.3. The van der Waals surface area contributed by atoms with Crippen LogP contribution in [0.25, 0.3) is 0 Å². The lowest BCUT2D eigenvalue weighted by Crippen LogP contribution is -2.13. The van der Waals surface area contributed by atoms with Gasteiger partial charge in [0.05, 0.1) is 12.2 Å². The van der Waals surface area contributed by atoms with Gasteiger partial charge in [-0.05, 0) is 13.8 Å². The molecule has 0 fully saturated rings. The normalized spacial score (nSPS) is 13.0. The molecule has 0 aliphatic rings. The second-order valence-electron chi connectivity index (χ2n) is 2.24. The van der Waals surface area contributed by atoms with Crippen LogP contribution in [-0.2, 0) is 0 Å². The summed E-state index contributed by atoms with van der Waals surface area (Å²) in [6, 6.07) is 0. The van der Waals surface area contributed by atoms with Crippen LogP contribution >= 0.6 is 0 Å². The van der Waals surface area contributed by atoms with Crippen molar-refractivity contribution in [1.29, 1.82) is 0 Å². The van der Waals surface area contributed by atoms with Crippen molar-refractivity contribution in [3.8, 4) is 0 Å².